The average Bonchev–Trinajstić information content (AvgIpc) is 4.02. The lowest BCUT2D eigenvalue weighted by atomic mass is 9.78. The van der Waals surface area contributed by atoms with Gasteiger partial charge in [-0.2, -0.15) is 0 Å². The zero-order valence-electron chi connectivity index (χ0n) is 38.9. The summed E-state index contributed by atoms with van der Waals surface area (Å²) in [5.74, 6) is 0.206. The van der Waals surface area contributed by atoms with Crippen LogP contribution in [0.1, 0.15) is 109 Å². The van der Waals surface area contributed by atoms with Gasteiger partial charge in [0.05, 0.1) is 25.6 Å². The molecule has 2 aromatic heterocycles. The molecule has 9 rings (SSSR count). The van der Waals surface area contributed by atoms with Gasteiger partial charge in [-0.05, 0) is 85.8 Å². The Balaban J connectivity index is 0.000000192. The molecule has 0 spiro atoms. The molecule has 4 fully saturated rings. The molecule has 0 bridgehead atoms. The number of nitrogens with zero attached hydrogens (tertiary/aromatic N) is 2. The topological polar surface area (TPSA) is 158 Å². The molecule has 3 amide bonds. The molecule has 2 aliphatic carbocycles. The third-order valence-corrected chi connectivity index (χ3v) is 16.1. The van der Waals surface area contributed by atoms with Gasteiger partial charge in [0.2, 0.25) is 11.8 Å². The molecule has 358 valence electrons. The Morgan fingerprint density at radius 3 is 1.53 bits per heavy atom. The van der Waals surface area contributed by atoms with Crippen LogP contribution in [0, 0.1) is 11.8 Å². The summed E-state index contributed by atoms with van der Waals surface area (Å²) < 4.78 is 15.8. The number of hydrogen-bond acceptors (Lipinski definition) is 11. The smallest absolute Gasteiger partial charge is 0.350 e. The summed E-state index contributed by atoms with van der Waals surface area (Å²) in [7, 11) is 2.76. The van der Waals surface area contributed by atoms with E-state index in [1.807, 2.05) is 101 Å². The van der Waals surface area contributed by atoms with Crippen molar-refractivity contribution in [1.82, 2.24) is 5.32 Å². The van der Waals surface area contributed by atoms with Crippen molar-refractivity contribution in [2.75, 3.05) is 30.6 Å². The molecule has 68 heavy (non-hydrogen) atoms. The van der Waals surface area contributed by atoms with Crippen LogP contribution >= 0.6 is 22.7 Å². The van der Waals surface area contributed by atoms with E-state index < -0.39 is 11.9 Å². The van der Waals surface area contributed by atoms with Crippen molar-refractivity contribution in [3.63, 3.8) is 0 Å². The number of methoxy groups -OCH3 is 2. The molecule has 0 radical (unpaired) electrons. The van der Waals surface area contributed by atoms with Crippen LogP contribution in [0.3, 0.4) is 0 Å². The van der Waals surface area contributed by atoms with Gasteiger partial charge in [0, 0.05) is 46.8 Å². The lowest BCUT2D eigenvalue weighted by Crippen LogP contribution is -2.56. The molecule has 12 nitrogen and oxygen atoms in total. The number of amides is 3. The quantitative estimate of drug-likeness (QED) is 0.116. The standard InChI is InChI=1S/C31H34N2O5S.C23H28N2O3S/c1-37-31(36)30-26(19-27(39-30)22-13-7-3-8-14-22)33-25(21-11-5-2-6-12-21)17-23(18-29(33)35)32-28(34)20-38-24-15-9-4-10-16-24;1-28-23(27)22-19(14-20(29-22)16-10-6-3-7-11-16)25-18(12-17(24)13-21(25)26)15-8-4-2-5-9-15/h3-4,7-10,13-16,19,21,23,25H,2,5-6,11-12,17-18,20H2,1H3,(H,32,34);3,6-7,10-11,14-15,17-18H,2,4-5,8-9,12-13,24H2,1H3. The number of carbonyl (C=O) groups excluding carboxylic acids is 5. The number of ether oxygens (including phenoxy) is 3. The maximum atomic E-state index is 13.8. The van der Waals surface area contributed by atoms with Gasteiger partial charge in [-0.15, -0.1) is 22.7 Å². The second-order valence-electron chi connectivity index (χ2n) is 18.3. The summed E-state index contributed by atoms with van der Waals surface area (Å²) in [5, 5.41) is 3.04. The van der Waals surface area contributed by atoms with Crippen LogP contribution in [-0.4, -0.2) is 74.7 Å². The molecule has 3 aromatic carbocycles. The van der Waals surface area contributed by atoms with Gasteiger partial charge in [-0.1, -0.05) is 117 Å². The summed E-state index contributed by atoms with van der Waals surface area (Å²) in [5.41, 5.74) is 9.57. The molecular formula is C54H62N4O8S2. The lowest BCUT2D eigenvalue weighted by Gasteiger charge is -2.44. The molecule has 2 saturated carbocycles. The third-order valence-electron chi connectivity index (χ3n) is 13.8. The van der Waals surface area contributed by atoms with Gasteiger partial charge in [0.1, 0.15) is 15.5 Å². The van der Waals surface area contributed by atoms with E-state index in [0.29, 0.717) is 51.6 Å². The zero-order chi connectivity index (χ0) is 47.6. The fourth-order valence-corrected chi connectivity index (χ4v) is 12.7. The van der Waals surface area contributed by atoms with Crippen molar-refractivity contribution in [3.05, 3.63) is 113 Å². The number of carbonyl (C=O) groups is 5. The molecule has 3 N–H and O–H groups in total. The van der Waals surface area contributed by atoms with Gasteiger partial charge in [0.25, 0.3) is 5.91 Å². The summed E-state index contributed by atoms with van der Waals surface area (Å²) in [6, 6.07) is 32.5. The van der Waals surface area contributed by atoms with Crippen LogP contribution in [0.4, 0.5) is 11.4 Å². The molecule has 4 heterocycles. The Bertz CT molecular complexity index is 2500. The first-order chi connectivity index (χ1) is 33.1. The molecule has 4 unspecified atom stereocenters. The predicted octanol–water partition coefficient (Wildman–Crippen LogP) is 10.4. The number of hydrogen-bond donors (Lipinski definition) is 2. The van der Waals surface area contributed by atoms with E-state index >= 15 is 0 Å². The highest BCUT2D eigenvalue weighted by molar-refractivity contribution is 7.18. The largest absolute Gasteiger partial charge is 0.484 e. The average molecular weight is 959 g/mol. The van der Waals surface area contributed by atoms with Crippen molar-refractivity contribution in [2.24, 2.45) is 17.6 Å². The minimum absolute atomic E-state index is 0.0156. The monoisotopic (exact) mass is 958 g/mol. The third kappa shape index (κ3) is 11.5. The van der Waals surface area contributed by atoms with Gasteiger partial charge < -0.3 is 35.1 Å². The van der Waals surface area contributed by atoms with E-state index in [1.54, 1.807) is 12.1 Å². The van der Waals surface area contributed by atoms with E-state index in [9.17, 15) is 24.0 Å². The molecule has 2 aliphatic heterocycles. The number of benzene rings is 3. The summed E-state index contributed by atoms with van der Waals surface area (Å²) in [4.78, 5) is 71.8. The first-order valence-electron chi connectivity index (χ1n) is 24.0. The predicted molar refractivity (Wildman–Crippen MR) is 268 cm³/mol. The number of para-hydroxylation sites is 1. The van der Waals surface area contributed by atoms with E-state index in [4.69, 9.17) is 19.9 Å². The number of anilines is 2. The fraction of sp³-hybridized carbons (Fsp3) is 0.426. The van der Waals surface area contributed by atoms with Crippen LogP contribution in [0.25, 0.3) is 20.9 Å². The van der Waals surface area contributed by atoms with Crippen LogP contribution < -0.4 is 25.6 Å². The first kappa shape index (κ1) is 48.6. The fourth-order valence-electron chi connectivity index (χ4n) is 10.6. The Morgan fingerprint density at radius 2 is 1.06 bits per heavy atom. The van der Waals surface area contributed by atoms with Gasteiger partial charge >= 0.3 is 11.9 Å². The molecule has 2 saturated heterocycles. The molecule has 4 aliphatic rings. The van der Waals surface area contributed by atoms with Crippen molar-refractivity contribution in [3.8, 4) is 26.6 Å². The Labute approximate surface area is 407 Å². The number of piperidine rings is 2. The highest BCUT2D eigenvalue weighted by Gasteiger charge is 2.43. The molecular weight excluding hydrogens is 897 g/mol. The molecule has 4 atom stereocenters. The maximum Gasteiger partial charge on any atom is 0.350 e. The normalized spacial score (nSPS) is 21.3. The molecule has 14 heteroatoms. The van der Waals surface area contributed by atoms with Gasteiger partial charge in [-0.25, -0.2) is 9.59 Å². The number of thiophene rings is 2. The Hall–Kier alpha value is -5.83. The van der Waals surface area contributed by atoms with Crippen molar-refractivity contribution >= 4 is 63.7 Å². The Kier molecular flexibility index (Phi) is 16.4. The number of nitrogens with two attached hydrogens (primary N) is 1. The van der Waals surface area contributed by atoms with Crippen LogP contribution in [0.2, 0.25) is 0 Å². The number of esters is 2. The second kappa shape index (κ2) is 23.0. The van der Waals surface area contributed by atoms with Gasteiger partial charge in [-0.3, -0.25) is 14.4 Å². The highest BCUT2D eigenvalue weighted by Crippen LogP contribution is 2.45. The summed E-state index contributed by atoms with van der Waals surface area (Å²) in [6.07, 6.45) is 13.3. The highest BCUT2D eigenvalue weighted by atomic mass is 32.1. The van der Waals surface area contributed by atoms with Crippen LogP contribution in [-0.2, 0) is 23.9 Å². The van der Waals surface area contributed by atoms with Crippen molar-refractivity contribution in [1.29, 1.82) is 0 Å². The minimum atomic E-state index is -0.444. The van der Waals surface area contributed by atoms with Crippen LogP contribution in [0.5, 0.6) is 5.75 Å². The Morgan fingerprint density at radius 1 is 0.618 bits per heavy atom. The van der Waals surface area contributed by atoms with E-state index in [1.165, 1.54) is 62.6 Å². The number of nitrogens with one attached hydrogen (secondary N) is 1. The zero-order valence-corrected chi connectivity index (χ0v) is 40.6. The van der Waals surface area contributed by atoms with E-state index in [0.717, 1.165) is 65.8 Å². The second-order valence-corrected chi connectivity index (χ2v) is 20.4. The van der Waals surface area contributed by atoms with Crippen LogP contribution in [0.15, 0.2) is 103 Å². The SMILES string of the molecule is COC(=O)c1sc(-c2ccccc2)cc1N1C(=O)CC(N)CC1C1CCCCC1.COC(=O)c1sc(-c2ccccc2)cc1N1C(=O)CC(NC(=O)COc2ccccc2)CC1C1CCCCC1. The van der Waals surface area contributed by atoms with Crippen molar-refractivity contribution in [2.45, 2.75) is 114 Å². The lowest BCUT2D eigenvalue weighted by molar-refractivity contribution is -0.126. The van der Waals surface area contributed by atoms with E-state index in [2.05, 4.69) is 5.32 Å². The maximum absolute atomic E-state index is 13.8. The first-order valence-corrected chi connectivity index (χ1v) is 25.7. The minimum Gasteiger partial charge on any atom is -0.484 e. The van der Waals surface area contributed by atoms with E-state index in [-0.39, 0.29) is 54.9 Å². The van der Waals surface area contributed by atoms with Gasteiger partial charge in [0.15, 0.2) is 6.61 Å². The molecule has 5 aromatic rings. The number of rotatable bonds is 12. The summed E-state index contributed by atoms with van der Waals surface area (Å²) >= 11 is 2.74. The summed E-state index contributed by atoms with van der Waals surface area (Å²) in [6.45, 7) is -0.107. The van der Waals surface area contributed by atoms with Crippen molar-refractivity contribution < 1.29 is 38.2 Å².